The summed E-state index contributed by atoms with van der Waals surface area (Å²) in [5.74, 6) is 0. The first-order chi connectivity index (χ1) is 31.8. The molecule has 0 aliphatic heterocycles. The summed E-state index contributed by atoms with van der Waals surface area (Å²) in [4.78, 5) is 0. The van der Waals surface area contributed by atoms with E-state index >= 15 is 0 Å². The van der Waals surface area contributed by atoms with Crippen LogP contribution in [0, 0.1) is 0 Å². The largest absolute Gasteiger partial charge is 0.309 e. The Kier molecular flexibility index (Phi) is 8.45. The van der Waals surface area contributed by atoms with Gasteiger partial charge in [-0.2, -0.15) is 0 Å². The smallest absolute Gasteiger partial charge is 0.179 e. The van der Waals surface area contributed by atoms with Gasteiger partial charge < -0.3 is 9.13 Å². The molecule has 0 aliphatic rings. The van der Waals surface area contributed by atoms with E-state index < -0.39 is 8.07 Å². The fraction of sp³-hybridized carbons (Fsp3) is 0. The van der Waals surface area contributed by atoms with E-state index in [9.17, 15) is 0 Å². The molecular formula is C60H40N2SSi. The molecule has 13 aromatic rings. The number of hydrogen-bond acceptors (Lipinski definition) is 1. The van der Waals surface area contributed by atoms with Gasteiger partial charge in [0.2, 0.25) is 0 Å². The van der Waals surface area contributed by atoms with Crippen LogP contribution in [0.4, 0.5) is 0 Å². The van der Waals surface area contributed by atoms with Gasteiger partial charge in [-0.15, -0.1) is 11.3 Å². The molecule has 10 aromatic carbocycles. The topological polar surface area (TPSA) is 9.86 Å². The zero-order valence-electron chi connectivity index (χ0n) is 34.9. The summed E-state index contributed by atoms with van der Waals surface area (Å²) in [5.41, 5.74) is 9.57. The maximum Gasteiger partial charge on any atom is 0.179 e. The molecule has 0 atom stereocenters. The highest BCUT2D eigenvalue weighted by atomic mass is 32.1. The minimum atomic E-state index is -2.78. The van der Waals surface area contributed by atoms with E-state index in [0.717, 1.165) is 11.4 Å². The molecule has 3 heterocycles. The molecule has 13 rings (SSSR count). The van der Waals surface area contributed by atoms with E-state index in [2.05, 4.69) is 252 Å². The first-order valence-electron chi connectivity index (χ1n) is 22.0. The minimum Gasteiger partial charge on any atom is -0.309 e. The summed E-state index contributed by atoms with van der Waals surface area (Å²) >= 11 is 1.88. The Morgan fingerprint density at radius 3 is 1.48 bits per heavy atom. The van der Waals surface area contributed by atoms with Crippen molar-refractivity contribution < 1.29 is 0 Å². The molecule has 0 saturated heterocycles. The third kappa shape index (κ3) is 5.43. The maximum absolute atomic E-state index is 2.78. The van der Waals surface area contributed by atoms with Crippen LogP contribution in [0.25, 0.3) is 86.3 Å². The predicted molar refractivity (Wildman–Crippen MR) is 277 cm³/mol. The molecule has 0 N–H and O–H groups in total. The van der Waals surface area contributed by atoms with Crippen molar-refractivity contribution >= 4 is 104 Å². The maximum atomic E-state index is 2.52. The third-order valence-electron chi connectivity index (χ3n) is 13.5. The minimum absolute atomic E-state index is 1.13. The zero-order chi connectivity index (χ0) is 42.2. The number of benzene rings is 10. The molecule has 0 amide bonds. The highest BCUT2D eigenvalue weighted by Crippen LogP contribution is 2.45. The molecule has 300 valence electrons. The normalized spacial score (nSPS) is 12.1. The Balaban J connectivity index is 1.09. The van der Waals surface area contributed by atoms with Crippen LogP contribution in [0.5, 0.6) is 0 Å². The van der Waals surface area contributed by atoms with Crippen LogP contribution in [0.1, 0.15) is 0 Å². The number of aromatic nitrogens is 2. The van der Waals surface area contributed by atoms with Crippen LogP contribution in [-0.4, -0.2) is 17.2 Å². The van der Waals surface area contributed by atoms with Crippen LogP contribution >= 0.6 is 11.3 Å². The van der Waals surface area contributed by atoms with Gasteiger partial charge in [-0.1, -0.05) is 194 Å². The number of thiophene rings is 1. The van der Waals surface area contributed by atoms with Crippen LogP contribution in [0.15, 0.2) is 243 Å². The number of nitrogens with zero attached hydrogens (tertiary/aromatic N) is 2. The molecule has 4 heteroatoms. The monoisotopic (exact) mass is 848 g/mol. The molecule has 0 unspecified atom stereocenters. The van der Waals surface area contributed by atoms with Crippen molar-refractivity contribution in [2.24, 2.45) is 0 Å². The van der Waals surface area contributed by atoms with Gasteiger partial charge in [0, 0.05) is 58.7 Å². The van der Waals surface area contributed by atoms with E-state index in [4.69, 9.17) is 0 Å². The standard InChI is InChI=1S/C60H40N2SSi/c1-4-20-43(21-5-1)64(44-22-6-2-7-23-44,45-24-8-3-9-25-45)46-26-16-19-41(39-46)61-54-33-13-10-27-47(54)49-38-37-42(40-56(49)61)62-55-34-14-11-28-48(55)51-31-17-32-52(60(51)62)50-30-18-36-58-59(50)53-29-12-15-35-57(53)63-58/h1-40H. The lowest BCUT2D eigenvalue weighted by Gasteiger charge is -2.34. The molecule has 0 radical (unpaired) electrons. The second kappa shape index (κ2) is 14.7. The van der Waals surface area contributed by atoms with Crippen molar-refractivity contribution in [1.29, 1.82) is 0 Å². The number of hydrogen-bond donors (Lipinski definition) is 0. The zero-order valence-corrected chi connectivity index (χ0v) is 36.7. The summed E-state index contributed by atoms with van der Waals surface area (Å²) in [6.45, 7) is 0. The van der Waals surface area contributed by atoms with Crippen molar-refractivity contribution in [2.45, 2.75) is 0 Å². The molecule has 0 bridgehead atoms. The van der Waals surface area contributed by atoms with Gasteiger partial charge in [0.05, 0.1) is 22.1 Å². The fourth-order valence-corrected chi connectivity index (χ4v) is 16.7. The van der Waals surface area contributed by atoms with Gasteiger partial charge in [0.15, 0.2) is 8.07 Å². The van der Waals surface area contributed by atoms with Gasteiger partial charge in [0.25, 0.3) is 0 Å². The molecule has 64 heavy (non-hydrogen) atoms. The highest BCUT2D eigenvalue weighted by molar-refractivity contribution is 7.26. The van der Waals surface area contributed by atoms with Crippen LogP contribution in [0.3, 0.4) is 0 Å². The second-order valence-electron chi connectivity index (χ2n) is 16.8. The summed E-state index contributed by atoms with van der Waals surface area (Å²) in [6, 6.07) is 90.5. The van der Waals surface area contributed by atoms with E-state index in [0.29, 0.717) is 0 Å². The molecule has 3 aromatic heterocycles. The SMILES string of the molecule is c1ccc([Si](c2ccccc2)(c2ccccc2)c2cccc(-n3c4ccccc4c4ccc(-n5c6ccccc6c6cccc(-c7cccc8sc9ccccc9c78)c65)cc43)c2)cc1. The Morgan fingerprint density at radius 2 is 0.781 bits per heavy atom. The molecule has 0 aliphatic carbocycles. The molecule has 0 fully saturated rings. The van der Waals surface area contributed by atoms with Gasteiger partial charge in [-0.25, -0.2) is 0 Å². The summed E-state index contributed by atoms with van der Waals surface area (Å²) in [6.07, 6.45) is 0. The van der Waals surface area contributed by atoms with E-state index in [1.807, 2.05) is 11.3 Å². The second-order valence-corrected chi connectivity index (χ2v) is 21.7. The van der Waals surface area contributed by atoms with Crippen molar-refractivity contribution in [2.75, 3.05) is 0 Å². The lowest BCUT2D eigenvalue weighted by atomic mass is 9.97. The van der Waals surface area contributed by atoms with Crippen LogP contribution in [0.2, 0.25) is 0 Å². The third-order valence-corrected chi connectivity index (χ3v) is 19.4. The van der Waals surface area contributed by atoms with Crippen molar-refractivity contribution in [3.8, 4) is 22.5 Å². The fourth-order valence-electron chi connectivity index (χ4n) is 10.8. The molecule has 0 spiro atoms. The Labute approximate surface area is 376 Å². The van der Waals surface area contributed by atoms with Gasteiger partial charge >= 0.3 is 0 Å². The van der Waals surface area contributed by atoms with Crippen molar-refractivity contribution in [3.63, 3.8) is 0 Å². The van der Waals surface area contributed by atoms with Gasteiger partial charge in [-0.3, -0.25) is 0 Å². The van der Waals surface area contributed by atoms with Crippen molar-refractivity contribution in [3.05, 3.63) is 243 Å². The Hall–Kier alpha value is -7.76. The highest BCUT2D eigenvalue weighted by Gasteiger charge is 2.41. The number of rotatable bonds is 7. The molecular weight excluding hydrogens is 809 g/mol. The summed E-state index contributed by atoms with van der Waals surface area (Å²) < 4.78 is 7.65. The van der Waals surface area contributed by atoms with Crippen LogP contribution in [-0.2, 0) is 0 Å². The van der Waals surface area contributed by atoms with Crippen molar-refractivity contribution in [1.82, 2.24) is 9.13 Å². The first-order valence-corrected chi connectivity index (χ1v) is 24.8. The average molecular weight is 849 g/mol. The average Bonchev–Trinajstić information content (AvgIpc) is 4.03. The predicted octanol–water partition coefficient (Wildman–Crippen LogP) is 13.3. The van der Waals surface area contributed by atoms with Gasteiger partial charge in [-0.05, 0) is 74.8 Å². The van der Waals surface area contributed by atoms with E-state index in [-0.39, 0.29) is 0 Å². The van der Waals surface area contributed by atoms with Gasteiger partial charge in [0.1, 0.15) is 0 Å². The lowest BCUT2D eigenvalue weighted by Crippen LogP contribution is -2.74. The molecule has 2 nitrogen and oxygen atoms in total. The Morgan fingerprint density at radius 1 is 0.297 bits per heavy atom. The summed E-state index contributed by atoms with van der Waals surface area (Å²) in [7, 11) is -2.78. The quantitative estimate of drug-likeness (QED) is 0.112. The number of para-hydroxylation sites is 3. The lowest BCUT2D eigenvalue weighted by molar-refractivity contribution is 1.16. The Bertz CT molecular complexity index is 3800. The van der Waals surface area contributed by atoms with Crippen LogP contribution < -0.4 is 20.7 Å². The van der Waals surface area contributed by atoms with E-state index in [1.54, 1.807) is 0 Å². The number of fused-ring (bicyclic) bond motifs is 9. The van der Waals surface area contributed by atoms with E-state index in [1.165, 1.54) is 95.7 Å². The first kappa shape index (κ1) is 36.9. The molecule has 0 saturated carbocycles. The summed E-state index contributed by atoms with van der Waals surface area (Å²) in [5, 5.41) is 13.0.